The maximum atomic E-state index is 6.27. The van der Waals surface area contributed by atoms with Gasteiger partial charge in [0.1, 0.15) is 0 Å². The van der Waals surface area contributed by atoms with Gasteiger partial charge in [-0.05, 0) is 27.7 Å². The van der Waals surface area contributed by atoms with Crippen molar-refractivity contribution in [3.63, 3.8) is 0 Å². The second kappa shape index (κ2) is 2.28. The monoisotopic (exact) mass is 212 g/mol. The zero-order valence-corrected chi connectivity index (χ0v) is 11.3. The molecule has 2 nitrogen and oxygen atoms in total. The van der Waals surface area contributed by atoms with Gasteiger partial charge in [0.15, 0.2) is 5.79 Å². The number of ether oxygens (including phenoxy) is 2. The van der Waals surface area contributed by atoms with Crippen molar-refractivity contribution in [3.8, 4) is 0 Å². The Kier molecular flexibility index (Phi) is 1.73. The van der Waals surface area contributed by atoms with Crippen molar-refractivity contribution < 1.29 is 9.47 Å². The third-order valence-corrected chi connectivity index (χ3v) is 5.39. The summed E-state index contributed by atoms with van der Waals surface area (Å²) in [6.45, 7) is 17.4. The molecule has 1 saturated carbocycles. The molecule has 0 aromatic rings. The highest BCUT2D eigenvalue weighted by Crippen LogP contribution is 2.78. The van der Waals surface area contributed by atoms with E-state index in [4.69, 9.17) is 9.47 Å². The van der Waals surface area contributed by atoms with E-state index in [2.05, 4.69) is 55.4 Å². The molecule has 0 amide bonds. The molecule has 1 aliphatic carbocycles. The standard InChI is InChI=1S/C13H24O2/c1-9(2)10(3,4)13(9)14-11(5,6)12(7,8)15-13/h1-8H3. The highest BCUT2D eigenvalue weighted by atomic mass is 16.8. The normalized spacial score (nSPS) is 36.8. The third-order valence-electron chi connectivity index (χ3n) is 5.39. The summed E-state index contributed by atoms with van der Waals surface area (Å²) < 4.78 is 12.5. The van der Waals surface area contributed by atoms with Crippen LogP contribution in [0.4, 0.5) is 0 Å². The number of rotatable bonds is 0. The fourth-order valence-electron chi connectivity index (χ4n) is 2.70. The van der Waals surface area contributed by atoms with E-state index in [1.807, 2.05) is 0 Å². The first-order valence-corrected chi connectivity index (χ1v) is 5.82. The number of hydrogen-bond acceptors (Lipinski definition) is 2. The van der Waals surface area contributed by atoms with E-state index >= 15 is 0 Å². The van der Waals surface area contributed by atoms with Crippen LogP contribution in [0.5, 0.6) is 0 Å². The molecule has 0 radical (unpaired) electrons. The molecule has 1 spiro atoms. The summed E-state index contributed by atoms with van der Waals surface area (Å²) >= 11 is 0. The van der Waals surface area contributed by atoms with Crippen molar-refractivity contribution in [1.82, 2.24) is 0 Å². The van der Waals surface area contributed by atoms with Crippen LogP contribution in [0.2, 0.25) is 0 Å². The lowest BCUT2D eigenvalue weighted by molar-refractivity contribution is -0.152. The average Bonchev–Trinajstić information content (AvgIpc) is 2.26. The Morgan fingerprint density at radius 3 is 0.933 bits per heavy atom. The molecule has 0 aromatic heterocycles. The minimum Gasteiger partial charge on any atom is -0.340 e. The molecule has 1 aliphatic heterocycles. The highest BCUT2D eigenvalue weighted by molar-refractivity contribution is 5.26. The van der Waals surface area contributed by atoms with Gasteiger partial charge in [-0.2, -0.15) is 0 Å². The van der Waals surface area contributed by atoms with Gasteiger partial charge in [-0.3, -0.25) is 0 Å². The molecule has 15 heavy (non-hydrogen) atoms. The summed E-state index contributed by atoms with van der Waals surface area (Å²) in [6, 6.07) is 0. The zero-order valence-electron chi connectivity index (χ0n) is 11.3. The van der Waals surface area contributed by atoms with Gasteiger partial charge >= 0.3 is 0 Å². The Morgan fingerprint density at radius 2 is 0.800 bits per heavy atom. The smallest absolute Gasteiger partial charge is 0.181 e. The zero-order chi connectivity index (χ0) is 11.9. The van der Waals surface area contributed by atoms with Crippen molar-refractivity contribution in [2.75, 3.05) is 0 Å². The Balaban J connectivity index is 2.41. The van der Waals surface area contributed by atoms with Crippen LogP contribution in [-0.2, 0) is 9.47 Å². The van der Waals surface area contributed by atoms with Crippen LogP contribution in [0.15, 0.2) is 0 Å². The molecule has 2 fully saturated rings. The predicted octanol–water partition coefficient (Wildman–Crippen LogP) is 3.35. The summed E-state index contributed by atoms with van der Waals surface area (Å²) in [5, 5.41) is 0. The van der Waals surface area contributed by atoms with E-state index in [9.17, 15) is 0 Å². The molecule has 0 N–H and O–H groups in total. The molecule has 2 heteroatoms. The van der Waals surface area contributed by atoms with E-state index in [0.717, 1.165) is 0 Å². The molecule has 1 heterocycles. The minimum atomic E-state index is -0.396. The summed E-state index contributed by atoms with van der Waals surface area (Å²) in [7, 11) is 0. The lowest BCUT2D eigenvalue weighted by atomic mass is 9.90. The maximum absolute atomic E-state index is 6.27. The molecule has 88 valence electrons. The highest BCUT2D eigenvalue weighted by Gasteiger charge is 2.85. The average molecular weight is 212 g/mol. The molecular weight excluding hydrogens is 188 g/mol. The van der Waals surface area contributed by atoms with E-state index in [-0.39, 0.29) is 22.0 Å². The van der Waals surface area contributed by atoms with Gasteiger partial charge in [0.25, 0.3) is 0 Å². The Bertz CT molecular complexity index is 266. The Labute approximate surface area is 93.3 Å². The van der Waals surface area contributed by atoms with E-state index in [1.54, 1.807) is 0 Å². The lowest BCUT2D eigenvalue weighted by Gasteiger charge is -2.30. The van der Waals surface area contributed by atoms with Gasteiger partial charge in [0.05, 0.1) is 11.2 Å². The largest absolute Gasteiger partial charge is 0.340 e. The van der Waals surface area contributed by atoms with Gasteiger partial charge in [-0.15, -0.1) is 0 Å². The molecule has 0 unspecified atom stereocenters. The second-order valence-corrected chi connectivity index (χ2v) is 7.09. The summed E-state index contributed by atoms with van der Waals surface area (Å²) in [4.78, 5) is 0. The van der Waals surface area contributed by atoms with E-state index in [1.165, 1.54) is 0 Å². The number of hydrogen-bond donors (Lipinski definition) is 0. The van der Waals surface area contributed by atoms with Gasteiger partial charge in [-0.25, -0.2) is 0 Å². The van der Waals surface area contributed by atoms with Gasteiger partial charge in [0, 0.05) is 10.8 Å². The minimum absolute atomic E-state index is 0.0883. The summed E-state index contributed by atoms with van der Waals surface area (Å²) in [6.07, 6.45) is 0. The topological polar surface area (TPSA) is 18.5 Å². The van der Waals surface area contributed by atoms with E-state index < -0.39 is 5.79 Å². The first-order valence-electron chi connectivity index (χ1n) is 5.82. The molecule has 0 bridgehead atoms. The SMILES string of the molecule is CC1(C)OC2(OC1(C)C)C(C)(C)C2(C)C. The van der Waals surface area contributed by atoms with Crippen LogP contribution in [0.25, 0.3) is 0 Å². The first-order chi connectivity index (χ1) is 6.41. The van der Waals surface area contributed by atoms with Gasteiger partial charge in [-0.1, -0.05) is 27.7 Å². The van der Waals surface area contributed by atoms with Gasteiger partial charge < -0.3 is 9.47 Å². The van der Waals surface area contributed by atoms with Crippen molar-refractivity contribution in [2.24, 2.45) is 10.8 Å². The summed E-state index contributed by atoms with van der Waals surface area (Å²) in [5.41, 5.74) is -0.272. The third kappa shape index (κ3) is 0.938. The Hall–Kier alpha value is -0.0800. The lowest BCUT2D eigenvalue weighted by Crippen LogP contribution is -2.41. The quantitative estimate of drug-likeness (QED) is 0.613. The van der Waals surface area contributed by atoms with Crippen molar-refractivity contribution >= 4 is 0 Å². The molecule has 0 atom stereocenters. The molecule has 0 aromatic carbocycles. The summed E-state index contributed by atoms with van der Waals surface area (Å²) in [5.74, 6) is -0.396. The van der Waals surface area contributed by atoms with Crippen LogP contribution in [0, 0.1) is 10.8 Å². The van der Waals surface area contributed by atoms with Crippen LogP contribution < -0.4 is 0 Å². The van der Waals surface area contributed by atoms with Gasteiger partial charge in [0.2, 0.25) is 0 Å². The predicted molar refractivity (Wildman–Crippen MR) is 60.6 cm³/mol. The maximum Gasteiger partial charge on any atom is 0.181 e. The van der Waals surface area contributed by atoms with Crippen molar-refractivity contribution in [1.29, 1.82) is 0 Å². The van der Waals surface area contributed by atoms with Crippen LogP contribution in [0.1, 0.15) is 55.4 Å². The molecular formula is C13H24O2. The molecule has 1 saturated heterocycles. The first kappa shape index (κ1) is 11.4. The Morgan fingerprint density at radius 1 is 0.533 bits per heavy atom. The molecule has 2 rings (SSSR count). The second-order valence-electron chi connectivity index (χ2n) is 7.09. The fourth-order valence-corrected chi connectivity index (χ4v) is 2.70. The van der Waals surface area contributed by atoms with Crippen LogP contribution in [-0.4, -0.2) is 17.0 Å². The van der Waals surface area contributed by atoms with Crippen LogP contribution in [0.3, 0.4) is 0 Å². The fraction of sp³-hybridized carbons (Fsp3) is 1.00. The van der Waals surface area contributed by atoms with Crippen molar-refractivity contribution in [2.45, 2.75) is 72.4 Å². The van der Waals surface area contributed by atoms with E-state index in [0.29, 0.717) is 0 Å². The molecule has 2 aliphatic rings. The van der Waals surface area contributed by atoms with Crippen molar-refractivity contribution in [3.05, 3.63) is 0 Å². The van der Waals surface area contributed by atoms with Crippen LogP contribution >= 0.6 is 0 Å².